The van der Waals surface area contributed by atoms with Crippen molar-refractivity contribution in [3.63, 3.8) is 0 Å². The first-order valence-corrected chi connectivity index (χ1v) is 9.76. The lowest BCUT2D eigenvalue weighted by atomic mass is 10.1. The highest BCUT2D eigenvalue weighted by Gasteiger charge is 2.13. The predicted octanol–water partition coefficient (Wildman–Crippen LogP) is 5.17. The minimum atomic E-state index is -0.319. The summed E-state index contributed by atoms with van der Waals surface area (Å²) >= 11 is 0. The summed E-state index contributed by atoms with van der Waals surface area (Å²) in [6.07, 6.45) is 5.87. The molecule has 1 N–H and O–H groups in total. The SMILES string of the molecule is Fc1ccccc1Nc1ncnc2cc(-c3ccc(N4CCCC4)nc3)ccc12. The normalized spacial score (nSPS) is 13.8. The van der Waals surface area contributed by atoms with Crippen molar-refractivity contribution in [2.24, 2.45) is 0 Å². The summed E-state index contributed by atoms with van der Waals surface area (Å²) in [6, 6.07) is 16.7. The zero-order chi connectivity index (χ0) is 19.6. The van der Waals surface area contributed by atoms with Crippen LogP contribution in [-0.2, 0) is 0 Å². The fraction of sp³-hybridized carbons (Fsp3) is 0.174. The highest BCUT2D eigenvalue weighted by molar-refractivity contribution is 5.93. The Labute approximate surface area is 168 Å². The van der Waals surface area contributed by atoms with Crippen LogP contribution in [0.3, 0.4) is 0 Å². The number of halogens is 1. The van der Waals surface area contributed by atoms with E-state index in [1.165, 1.54) is 25.2 Å². The molecule has 144 valence electrons. The van der Waals surface area contributed by atoms with Gasteiger partial charge in [0.2, 0.25) is 0 Å². The van der Waals surface area contributed by atoms with E-state index in [-0.39, 0.29) is 5.82 Å². The van der Waals surface area contributed by atoms with E-state index in [1.807, 2.05) is 24.4 Å². The maximum absolute atomic E-state index is 14.0. The molecule has 5 nitrogen and oxygen atoms in total. The molecular weight excluding hydrogens is 365 g/mol. The van der Waals surface area contributed by atoms with Crippen LogP contribution < -0.4 is 10.2 Å². The predicted molar refractivity (Wildman–Crippen MR) is 114 cm³/mol. The zero-order valence-electron chi connectivity index (χ0n) is 15.8. The average molecular weight is 385 g/mol. The summed E-state index contributed by atoms with van der Waals surface area (Å²) < 4.78 is 14.0. The molecule has 0 aliphatic carbocycles. The lowest BCUT2D eigenvalue weighted by Crippen LogP contribution is -2.18. The Hall–Kier alpha value is -3.54. The third-order valence-electron chi connectivity index (χ3n) is 5.27. The van der Waals surface area contributed by atoms with Crippen LogP contribution in [-0.4, -0.2) is 28.0 Å². The third-order valence-corrected chi connectivity index (χ3v) is 5.27. The van der Waals surface area contributed by atoms with E-state index in [4.69, 9.17) is 0 Å². The maximum atomic E-state index is 14.0. The molecule has 2 aromatic heterocycles. The molecule has 1 aliphatic rings. The number of nitrogens with zero attached hydrogens (tertiary/aromatic N) is 4. The van der Waals surface area contributed by atoms with Gasteiger partial charge >= 0.3 is 0 Å². The van der Waals surface area contributed by atoms with E-state index in [1.54, 1.807) is 18.2 Å². The van der Waals surface area contributed by atoms with Crippen LogP contribution in [0.4, 0.5) is 21.7 Å². The highest BCUT2D eigenvalue weighted by atomic mass is 19.1. The second-order valence-electron chi connectivity index (χ2n) is 7.16. The van der Waals surface area contributed by atoms with E-state index >= 15 is 0 Å². The molecule has 0 amide bonds. The lowest BCUT2D eigenvalue weighted by Gasteiger charge is -2.16. The number of fused-ring (bicyclic) bond motifs is 1. The van der Waals surface area contributed by atoms with E-state index in [0.29, 0.717) is 11.5 Å². The largest absolute Gasteiger partial charge is 0.357 e. The lowest BCUT2D eigenvalue weighted by molar-refractivity contribution is 0.632. The average Bonchev–Trinajstić information content (AvgIpc) is 3.30. The molecule has 0 saturated carbocycles. The highest BCUT2D eigenvalue weighted by Crippen LogP contribution is 2.29. The summed E-state index contributed by atoms with van der Waals surface area (Å²) in [5, 5.41) is 3.90. The molecule has 4 aromatic rings. The van der Waals surface area contributed by atoms with Crippen molar-refractivity contribution < 1.29 is 4.39 Å². The standard InChI is InChI=1S/C23H20FN5/c24-19-5-1-2-6-20(19)28-23-18-9-7-16(13-21(18)26-15-27-23)17-8-10-22(25-14-17)29-11-3-4-12-29/h1-2,5-10,13-15H,3-4,11-12H2,(H,26,27,28). The molecule has 3 heterocycles. The van der Waals surface area contributed by atoms with Gasteiger partial charge in [0, 0.05) is 30.2 Å². The molecule has 0 atom stereocenters. The molecule has 1 fully saturated rings. The quantitative estimate of drug-likeness (QED) is 0.525. The van der Waals surface area contributed by atoms with Gasteiger partial charge in [-0.2, -0.15) is 0 Å². The first kappa shape index (κ1) is 17.6. The molecule has 29 heavy (non-hydrogen) atoms. The van der Waals surface area contributed by atoms with E-state index in [9.17, 15) is 4.39 Å². The van der Waals surface area contributed by atoms with Gasteiger partial charge in [-0.1, -0.05) is 18.2 Å². The van der Waals surface area contributed by atoms with Crippen molar-refractivity contribution in [1.29, 1.82) is 0 Å². The van der Waals surface area contributed by atoms with Gasteiger partial charge in [-0.05, 0) is 54.8 Å². The number of hydrogen-bond acceptors (Lipinski definition) is 5. The Bertz CT molecular complexity index is 1150. The van der Waals surface area contributed by atoms with Crippen molar-refractivity contribution in [2.75, 3.05) is 23.3 Å². The van der Waals surface area contributed by atoms with E-state index < -0.39 is 0 Å². The first-order valence-electron chi connectivity index (χ1n) is 9.76. The molecule has 0 radical (unpaired) electrons. The summed E-state index contributed by atoms with van der Waals surface area (Å²) in [5.41, 5.74) is 3.25. The monoisotopic (exact) mass is 385 g/mol. The minimum Gasteiger partial charge on any atom is -0.357 e. The van der Waals surface area contributed by atoms with Crippen molar-refractivity contribution >= 4 is 28.2 Å². The van der Waals surface area contributed by atoms with Crippen LogP contribution in [0.5, 0.6) is 0 Å². The summed E-state index contributed by atoms with van der Waals surface area (Å²) in [6.45, 7) is 2.16. The van der Waals surface area contributed by atoms with Gasteiger partial charge < -0.3 is 10.2 Å². The fourth-order valence-corrected chi connectivity index (χ4v) is 3.72. The number of nitrogens with one attached hydrogen (secondary N) is 1. The molecule has 1 aliphatic heterocycles. The van der Waals surface area contributed by atoms with Crippen LogP contribution in [0.1, 0.15) is 12.8 Å². The van der Waals surface area contributed by atoms with Crippen LogP contribution in [0.25, 0.3) is 22.0 Å². The Kier molecular flexibility index (Phi) is 4.52. The number of benzene rings is 2. The van der Waals surface area contributed by atoms with E-state index in [0.717, 1.165) is 40.9 Å². The molecule has 6 heteroatoms. The van der Waals surface area contributed by atoms with Crippen molar-refractivity contribution in [1.82, 2.24) is 15.0 Å². The third kappa shape index (κ3) is 3.49. The van der Waals surface area contributed by atoms with Crippen molar-refractivity contribution in [3.8, 4) is 11.1 Å². The van der Waals surface area contributed by atoms with Gasteiger partial charge in [0.25, 0.3) is 0 Å². The maximum Gasteiger partial charge on any atom is 0.146 e. The molecule has 5 rings (SSSR count). The number of anilines is 3. The Morgan fingerprint density at radius 1 is 0.862 bits per heavy atom. The number of hydrogen-bond donors (Lipinski definition) is 1. The smallest absolute Gasteiger partial charge is 0.146 e. The van der Waals surface area contributed by atoms with Crippen molar-refractivity contribution in [3.05, 3.63) is 72.9 Å². The van der Waals surface area contributed by atoms with Crippen LogP contribution in [0.2, 0.25) is 0 Å². The number of rotatable bonds is 4. The Morgan fingerprint density at radius 2 is 1.69 bits per heavy atom. The summed E-state index contributed by atoms with van der Waals surface area (Å²) in [4.78, 5) is 15.7. The molecule has 1 saturated heterocycles. The summed E-state index contributed by atoms with van der Waals surface area (Å²) in [7, 11) is 0. The Balaban J connectivity index is 1.45. The summed E-state index contributed by atoms with van der Waals surface area (Å²) in [5.74, 6) is 1.29. The fourth-order valence-electron chi connectivity index (χ4n) is 3.72. The molecule has 0 spiro atoms. The molecule has 0 bridgehead atoms. The van der Waals surface area contributed by atoms with Crippen LogP contribution >= 0.6 is 0 Å². The second-order valence-corrected chi connectivity index (χ2v) is 7.16. The molecule has 2 aromatic carbocycles. The van der Waals surface area contributed by atoms with Gasteiger partial charge in [0.15, 0.2) is 0 Å². The molecular formula is C23H20FN5. The van der Waals surface area contributed by atoms with Gasteiger partial charge in [-0.3, -0.25) is 0 Å². The Morgan fingerprint density at radius 3 is 2.48 bits per heavy atom. The number of para-hydroxylation sites is 1. The molecule has 0 unspecified atom stereocenters. The number of aromatic nitrogens is 3. The second kappa shape index (κ2) is 7.47. The van der Waals surface area contributed by atoms with Crippen LogP contribution in [0, 0.1) is 5.82 Å². The first-order chi connectivity index (χ1) is 14.3. The van der Waals surface area contributed by atoms with Crippen LogP contribution in [0.15, 0.2) is 67.1 Å². The van der Waals surface area contributed by atoms with Gasteiger partial charge in [-0.15, -0.1) is 0 Å². The van der Waals surface area contributed by atoms with Gasteiger partial charge in [0.05, 0.1) is 11.2 Å². The van der Waals surface area contributed by atoms with Gasteiger partial charge in [0.1, 0.15) is 23.8 Å². The minimum absolute atomic E-state index is 0.319. The zero-order valence-corrected chi connectivity index (χ0v) is 15.8. The van der Waals surface area contributed by atoms with Crippen molar-refractivity contribution in [2.45, 2.75) is 12.8 Å². The topological polar surface area (TPSA) is 53.9 Å². The van der Waals surface area contributed by atoms with E-state index in [2.05, 4.69) is 37.3 Å². The van der Waals surface area contributed by atoms with Gasteiger partial charge in [-0.25, -0.2) is 19.3 Å². The number of pyridine rings is 1.